The summed E-state index contributed by atoms with van der Waals surface area (Å²) in [6, 6.07) is 18.1. The van der Waals surface area contributed by atoms with E-state index in [1.54, 1.807) is 11.3 Å². The fourth-order valence-electron chi connectivity index (χ4n) is 4.59. The molecule has 1 saturated heterocycles. The van der Waals surface area contributed by atoms with Crippen molar-refractivity contribution in [2.45, 2.75) is 33.2 Å². The summed E-state index contributed by atoms with van der Waals surface area (Å²) in [6.07, 6.45) is 1.34. The van der Waals surface area contributed by atoms with Gasteiger partial charge in [0.25, 0.3) is 5.91 Å². The first-order valence-electron chi connectivity index (χ1n) is 11.6. The zero-order chi connectivity index (χ0) is 23.7. The topological polar surface area (TPSA) is 53.5 Å². The highest BCUT2D eigenvalue weighted by Gasteiger charge is 2.32. The second-order valence-electron chi connectivity index (χ2n) is 8.88. The molecule has 1 aliphatic heterocycles. The molecule has 0 saturated carbocycles. The molecule has 1 aliphatic rings. The highest BCUT2D eigenvalue weighted by Crippen LogP contribution is 2.34. The number of hydrogen-bond acceptors (Lipinski definition) is 5. The Hall–Kier alpha value is -3.03. The Morgan fingerprint density at radius 1 is 1.06 bits per heavy atom. The molecule has 5 rings (SSSR count). The Morgan fingerprint density at radius 3 is 2.53 bits per heavy atom. The number of rotatable bonds is 5. The number of aromatic nitrogens is 1. The molecule has 34 heavy (non-hydrogen) atoms. The maximum Gasteiger partial charge on any atom is 0.263 e. The van der Waals surface area contributed by atoms with E-state index in [2.05, 4.69) is 26.0 Å². The van der Waals surface area contributed by atoms with Gasteiger partial charge in [0.1, 0.15) is 0 Å². The molecule has 0 atom stereocenters. The summed E-state index contributed by atoms with van der Waals surface area (Å²) in [5.41, 5.74) is 4.38. The summed E-state index contributed by atoms with van der Waals surface area (Å²) in [6.45, 7) is 5.87. The molecule has 4 aromatic rings. The predicted octanol–water partition coefficient (Wildman–Crippen LogP) is 6.06. The van der Waals surface area contributed by atoms with Crippen molar-refractivity contribution >= 4 is 49.8 Å². The van der Waals surface area contributed by atoms with Gasteiger partial charge >= 0.3 is 0 Å². The van der Waals surface area contributed by atoms with Crippen molar-refractivity contribution in [1.82, 2.24) is 9.88 Å². The van der Waals surface area contributed by atoms with Crippen LogP contribution in [0, 0.1) is 19.8 Å². The van der Waals surface area contributed by atoms with E-state index in [0.29, 0.717) is 32.5 Å². The van der Waals surface area contributed by atoms with E-state index in [1.165, 1.54) is 22.5 Å². The number of carbonyl (C=O) groups is 2. The molecular weight excluding hydrogens is 462 g/mol. The van der Waals surface area contributed by atoms with Gasteiger partial charge in [-0.1, -0.05) is 53.8 Å². The van der Waals surface area contributed by atoms with Gasteiger partial charge in [-0.3, -0.25) is 14.5 Å². The number of nitrogens with zero attached hydrogens (tertiary/aromatic N) is 3. The summed E-state index contributed by atoms with van der Waals surface area (Å²) < 4.78 is 1.13. The van der Waals surface area contributed by atoms with Crippen LogP contribution in [0.4, 0.5) is 5.13 Å². The first-order chi connectivity index (χ1) is 16.5. The standard InChI is InChI=1S/C27H27N3O2S2/c1-18-15-19(2)24-22(16-18)28-27(34-24)30(17-20-7-4-3-5-8-20)25(31)21-10-12-29(13-11-21)26(32)23-9-6-14-33-23/h3-9,14-16,21H,10-13,17H2,1-2H3. The first-order valence-corrected chi connectivity index (χ1v) is 13.2. The van der Waals surface area contributed by atoms with Crippen LogP contribution >= 0.6 is 22.7 Å². The number of fused-ring (bicyclic) bond motifs is 1. The minimum Gasteiger partial charge on any atom is -0.338 e. The van der Waals surface area contributed by atoms with Gasteiger partial charge in [-0.15, -0.1) is 11.3 Å². The first kappa shape index (κ1) is 22.7. The lowest BCUT2D eigenvalue weighted by molar-refractivity contribution is -0.123. The Morgan fingerprint density at radius 2 is 1.82 bits per heavy atom. The van der Waals surface area contributed by atoms with Crippen molar-refractivity contribution < 1.29 is 9.59 Å². The van der Waals surface area contributed by atoms with Crippen molar-refractivity contribution in [2.24, 2.45) is 5.92 Å². The molecule has 174 valence electrons. The lowest BCUT2D eigenvalue weighted by Crippen LogP contribution is -2.44. The molecule has 0 radical (unpaired) electrons. The van der Waals surface area contributed by atoms with Gasteiger partial charge in [-0.2, -0.15) is 0 Å². The van der Waals surface area contributed by atoms with Crippen molar-refractivity contribution in [3.05, 3.63) is 81.5 Å². The van der Waals surface area contributed by atoms with Crippen LogP contribution in [-0.4, -0.2) is 34.8 Å². The van der Waals surface area contributed by atoms with Crippen LogP contribution in [0.3, 0.4) is 0 Å². The van der Waals surface area contributed by atoms with Crippen molar-refractivity contribution in [3.8, 4) is 0 Å². The maximum atomic E-state index is 13.8. The molecule has 1 fully saturated rings. The average molecular weight is 490 g/mol. The minimum atomic E-state index is -0.119. The van der Waals surface area contributed by atoms with E-state index in [4.69, 9.17) is 4.98 Å². The lowest BCUT2D eigenvalue weighted by atomic mass is 9.95. The smallest absolute Gasteiger partial charge is 0.263 e. The molecule has 2 aromatic carbocycles. The number of thiazole rings is 1. The Balaban J connectivity index is 1.39. The van der Waals surface area contributed by atoms with Gasteiger partial charge in [-0.05, 0) is 60.9 Å². The monoisotopic (exact) mass is 489 g/mol. The quantitative estimate of drug-likeness (QED) is 0.342. The molecular formula is C27H27N3O2S2. The molecule has 0 spiro atoms. The number of anilines is 1. The average Bonchev–Trinajstić information content (AvgIpc) is 3.53. The predicted molar refractivity (Wildman–Crippen MR) is 140 cm³/mol. The summed E-state index contributed by atoms with van der Waals surface area (Å²) in [5.74, 6) is 0.0468. The Labute approximate surface area is 207 Å². The van der Waals surface area contributed by atoms with E-state index >= 15 is 0 Å². The van der Waals surface area contributed by atoms with Crippen LogP contribution in [0.15, 0.2) is 60.0 Å². The highest BCUT2D eigenvalue weighted by atomic mass is 32.1. The molecule has 0 N–H and O–H groups in total. The van der Waals surface area contributed by atoms with Crippen LogP contribution in [0.5, 0.6) is 0 Å². The highest BCUT2D eigenvalue weighted by molar-refractivity contribution is 7.22. The van der Waals surface area contributed by atoms with E-state index in [9.17, 15) is 9.59 Å². The zero-order valence-corrected chi connectivity index (χ0v) is 21.0. The van der Waals surface area contributed by atoms with Gasteiger partial charge < -0.3 is 4.90 Å². The van der Waals surface area contributed by atoms with E-state index in [0.717, 1.165) is 25.8 Å². The van der Waals surface area contributed by atoms with E-state index < -0.39 is 0 Å². The minimum absolute atomic E-state index is 0.0686. The molecule has 3 heterocycles. The number of aryl methyl sites for hydroxylation is 2. The van der Waals surface area contributed by atoms with E-state index in [1.807, 2.05) is 57.6 Å². The van der Waals surface area contributed by atoms with Crippen LogP contribution in [0.25, 0.3) is 10.2 Å². The number of benzene rings is 2. The molecule has 0 aliphatic carbocycles. The summed E-state index contributed by atoms with van der Waals surface area (Å²) in [7, 11) is 0. The molecule has 5 nitrogen and oxygen atoms in total. The number of piperidine rings is 1. The summed E-state index contributed by atoms with van der Waals surface area (Å²) >= 11 is 3.05. The van der Waals surface area contributed by atoms with Crippen molar-refractivity contribution in [2.75, 3.05) is 18.0 Å². The molecule has 0 bridgehead atoms. The third-order valence-corrected chi connectivity index (χ3v) is 8.44. The van der Waals surface area contributed by atoms with Gasteiger partial charge in [0.15, 0.2) is 5.13 Å². The maximum absolute atomic E-state index is 13.8. The molecule has 2 aromatic heterocycles. The third-order valence-electron chi connectivity index (χ3n) is 6.35. The molecule has 0 unspecified atom stereocenters. The third kappa shape index (κ3) is 4.63. The Bertz CT molecular complexity index is 1310. The summed E-state index contributed by atoms with van der Waals surface area (Å²) in [5, 5.41) is 2.67. The van der Waals surface area contributed by atoms with Crippen molar-refractivity contribution in [1.29, 1.82) is 0 Å². The molecule has 7 heteroatoms. The van der Waals surface area contributed by atoms with Crippen LogP contribution in [0.2, 0.25) is 0 Å². The number of carbonyl (C=O) groups excluding carboxylic acids is 2. The Kier molecular flexibility index (Phi) is 6.48. The normalized spacial score (nSPS) is 14.5. The molecule has 2 amide bonds. The van der Waals surface area contributed by atoms with Gasteiger partial charge in [0.2, 0.25) is 5.91 Å². The van der Waals surface area contributed by atoms with Gasteiger partial charge in [0, 0.05) is 19.0 Å². The fourth-order valence-corrected chi connectivity index (χ4v) is 6.30. The lowest BCUT2D eigenvalue weighted by Gasteiger charge is -2.33. The zero-order valence-electron chi connectivity index (χ0n) is 19.4. The largest absolute Gasteiger partial charge is 0.338 e. The van der Waals surface area contributed by atoms with Crippen molar-refractivity contribution in [3.63, 3.8) is 0 Å². The fraction of sp³-hybridized carbons (Fsp3) is 0.296. The number of likely N-dealkylation sites (tertiary alicyclic amines) is 1. The van der Waals surface area contributed by atoms with Crippen LogP contribution in [-0.2, 0) is 11.3 Å². The van der Waals surface area contributed by atoms with Gasteiger partial charge in [0.05, 0.1) is 21.6 Å². The number of hydrogen-bond donors (Lipinski definition) is 0. The summed E-state index contributed by atoms with van der Waals surface area (Å²) in [4.78, 5) is 35.9. The SMILES string of the molecule is Cc1cc(C)c2sc(N(Cc3ccccc3)C(=O)C3CCN(C(=O)c4cccs4)CC3)nc2c1. The van der Waals surface area contributed by atoms with Gasteiger partial charge in [-0.25, -0.2) is 4.98 Å². The van der Waals surface area contributed by atoms with Crippen LogP contribution in [0.1, 0.15) is 39.2 Å². The second kappa shape index (κ2) is 9.68. The number of amides is 2. The number of thiophene rings is 1. The second-order valence-corrected chi connectivity index (χ2v) is 10.8. The van der Waals surface area contributed by atoms with E-state index in [-0.39, 0.29) is 17.7 Å². The van der Waals surface area contributed by atoms with Crippen LogP contribution < -0.4 is 4.90 Å².